The first-order chi connectivity index (χ1) is 9.29. The number of hydrogen-bond acceptors (Lipinski definition) is 4. The van der Waals surface area contributed by atoms with E-state index < -0.39 is 9.84 Å². The van der Waals surface area contributed by atoms with Gasteiger partial charge < -0.3 is 10.2 Å². The van der Waals surface area contributed by atoms with Gasteiger partial charge in [-0.15, -0.1) is 0 Å². The molecule has 1 unspecified atom stereocenters. The first-order valence-electron chi connectivity index (χ1n) is 6.45. The van der Waals surface area contributed by atoms with E-state index in [9.17, 15) is 13.2 Å². The van der Waals surface area contributed by atoms with Crippen LogP contribution in [0.3, 0.4) is 0 Å². The van der Waals surface area contributed by atoms with Gasteiger partial charge in [-0.1, -0.05) is 30.3 Å². The van der Waals surface area contributed by atoms with Gasteiger partial charge in [0, 0.05) is 19.2 Å². The molecule has 0 aliphatic carbocycles. The number of hydrogen-bond donors (Lipinski definition) is 1. The average Bonchev–Trinajstić information content (AvgIpc) is 2.36. The summed E-state index contributed by atoms with van der Waals surface area (Å²) < 4.78 is 22.0. The summed E-state index contributed by atoms with van der Waals surface area (Å²) in [5, 5.41) is 2.79. The lowest BCUT2D eigenvalue weighted by Crippen LogP contribution is -2.35. The van der Waals surface area contributed by atoms with Crippen LogP contribution >= 0.6 is 0 Å². The highest BCUT2D eigenvalue weighted by Gasteiger charge is 2.15. The summed E-state index contributed by atoms with van der Waals surface area (Å²) in [7, 11) is 0.792. The highest BCUT2D eigenvalue weighted by Crippen LogP contribution is 2.16. The van der Waals surface area contributed by atoms with Gasteiger partial charge in [-0.3, -0.25) is 4.79 Å². The van der Waals surface area contributed by atoms with Gasteiger partial charge in [-0.25, -0.2) is 8.42 Å². The van der Waals surface area contributed by atoms with Crippen molar-refractivity contribution >= 4 is 15.7 Å². The van der Waals surface area contributed by atoms with Crippen LogP contribution in [0.15, 0.2) is 30.3 Å². The Morgan fingerprint density at radius 1 is 1.25 bits per heavy atom. The van der Waals surface area contributed by atoms with E-state index in [0.29, 0.717) is 6.54 Å². The summed E-state index contributed by atoms with van der Waals surface area (Å²) in [4.78, 5) is 13.7. The van der Waals surface area contributed by atoms with Crippen LogP contribution in [0.4, 0.5) is 0 Å². The molecule has 0 heterocycles. The number of benzene rings is 1. The van der Waals surface area contributed by atoms with Gasteiger partial charge in [0.1, 0.15) is 9.84 Å². The van der Waals surface area contributed by atoms with E-state index in [1.807, 2.05) is 49.3 Å². The first-order valence-corrected chi connectivity index (χ1v) is 8.51. The second kappa shape index (κ2) is 7.40. The lowest BCUT2D eigenvalue weighted by molar-refractivity contribution is -0.120. The zero-order valence-electron chi connectivity index (χ0n) is 12.2. The monoisotopic (exact) mass is 298 g/mol. The van der Waals surface area contributed by atoms with Crippen LogP contribution in [-0.4, -0.2) is 51.9 Å². The van der Waals surface area contributed by atoms with Crippen LogP contribution in [0.25, 0.3) is 0 Å². The minimum atomic E-state index is -3.10. The molecule has 0 bridgehead atoms. The molecule has 0 aliphatic heterocycles. The molecule has 1 atom stereocenters. The van der Waals surface area contributed by atoms with Crippen molar-refractivity contribution in [1.29, 1.82) is 0 Å². The zero-order valence-corrected chi connectivity index (χ0v) is 13.0. The summed E-state index contributed by atoms with van der Waals surface area (Å²) in [5.74, 6) is -0.352. The molecule has 0 fully saturated rings. The van der Waals surface area contributed by atoms with E-state index in [0.717, 1.165) is 11.8 Å². The van der Waals surface area contributed by atoms with Crippen molar-refractivity contribution in [2.24, 2.45) is 0 Å². The van der Waals surface area contributed by atoms with Crippen LogP contribution in [0, 0.1) is 0 Å². The van der Waals surface area contributed by atoms with E-state index in [1.54, 1.807) is 0 Å². The minimum Gasteiger partial charge on any atom is -0.354 e. The molecule has 0 saturated heterocycles. The lowest BCUT2D eigenvalue weighted by Gasteiger charge is -2.25. The van der Waals surface area contributed by atoms with E-state index in [-0.39, 0.29) is 24.1 Å². The summed E-state index contributed by atoms with van der Waals surface area (Å²) >= 11 is 0. The molecule has 1 N–H and O–H groups in total. The second-order valence-electron chi connectivity index (χ2n) is 5.07. The third-order valence-electron chi connectivity index (χ3n) is 3.00. The molecule has 112 valence electrons. The molecule has 6 heteroatoms. The summed E-state index contributed by atoms with van der Waals surface area (Å²) in [6, 6.07) is 9.94. The Kier molecular flexibility index (Phi) is 6.16. The largest absolute Gasteiger partial charge is 0.354 e. The quantitative estimate of drug-likeness (QED) is 0.810. The fourth-order valence-corrected chi connectivity index (χ4v) is 2.41. The predicted octanol–water partition coefficient (Wildman–Crippen LogP) is 0.840. The molecular weight excluding hydrogens is 276 g/mol. The molecule has 0 aliphatic rings. The average molecular weight is 298 g/mol. The van der Waals surface area contributed by atoms with E-state index in [1.165, 1.54) is 0 Å². The smallest absolute Gasteiger partial charge is 0.221 e. The first kappa shape index (κ1) is 16.7. The SMILES string of the molecule is CN(C)C(CNC(=O)CCS(C)(=O)=O)c1ccccc1. The van der Waals surface area contributed by atoms with Crippen molar-refractivity contribution in [3.05, 3.63) is 35.9 Å². The van der Waals surface area contributed by atoms with Crippen molar-refractivity contribution in [1.82, 2.24) is 10.2 Å². The van der Waals surface area contributed by atoms with Crippen LogP contribution < -0.4 is 5.32 Å². The molecule has 1 aromatic carbocycles. The van der Waals surface area contributed by atoms with Crippen LogP contribution in [0.2, 0.25) is 0 Å². The number of rotatable bonds is 7. The summed E-state index contributed by atoms with van der Waals surface area (Å²) in [6.07, 6.45) is 1.14. The predicted molar refractivity (Wildman–Crippen MR) is 80.2 cm³/mol. The van der Waals surface area contributed by atoms with Crippen LogP contribution in [0.1, 0.15) is 18.0 Å². The molecule has 5 nitrogen and oxygen atoms in total. The fraction of sp³-hybridized carbons (Fsp3) is 0.500. The molecule has 0 aromatic heterocycles. The highest BCUT2D eigenvalue weighted by molar-refractivity contribution is 7.90. The maximum Gasteiger partial charge on any atom is 0.221 e. The third kappa shape index (κ3) is 6.16. The number of likely N-dealkylation sites (N-methyl/N-ethyl adjacent to an activating group) is 1. The topological polar surface area (TPSA) is 66.5 Å². The van der Waals surface area contributed by atoms with Gasteiger partial charge in [0.2, 0.25) is 5.91 Å². The molecule has 0 saturated carbocycles. The number of sulfone groups is 1. The Labute approximate surface area is 120 Å². The molecule has 0 spiro atoms. The molecule has 1 rings (SSSR count). The van der Waals surface area contributed by atoms with Gasteiger partial charge in [0.15, 0.2) is 0 Å². The Hall–Kier alpha value is -1.40. The summed E-state index contributed by atoms with van der Waals surface area (Å²) in [6.45, 7) is 0.458. The van der Waals surface area contributed by atoms with Gasteiger partial charge in [0.05, 0.1) is 11.8 Å². The molecule has 1 aromatic rings. The van der Waals surface area contributed by atoms with Crippen molar-refractivity contribution in [3.8, 4) is 0 Å². The van der Waals surface area contributed by atoms with Crippen LogP contribution in [0.5, 0.6) is 0 Å². The zero-order chi connectivity index (χ0) is 15.2. The number of carbonyl (C=O) groups is 1. The highest BCUT2D eigenvalue weighted by atomic mass is 32.2. The van der Waals surface area contributed by atoms with Gasteiger partial charge in [-0.05, 0) is 19.7 Å². The van der Waals surface area contributed by atoms with Crippen molar-refractivity contribution in [2.75, 3.05) is 32.6 Å². The van der Waals surface area contributed by atoms with Gasteiger partial charge in [-0.2, -0.15) is 0 Å². The Balaban J connectivity index is 2.54. The third-order valence-corrected chi connectivity index (χ3v) is 3.95. The standard InChI is InChI=1S/C14H22N2O3S/c1-16(2)13(12-7-5-4-6-8-12)11-15-14(17)9-10-20(3,18)19/h4-8,13H,9-11H2,1-3H3,(H,15,17). The van der Waals surface area contributed by atoms with Gasteiger partial charge in [0.25, 0.3) is 0 Å². The fourth-order valence-electron chi connectivity index (χ4n) is 1.85. The molecule has 1 amide bonds. The Bertz CT molecular complexity index is 527. The lowest BCUT2D eigenvalue weighted by atomic mass is 10.1. The Morgan fingerprint density at radius 3 is 2.35 bits per heavy atom. The normalized spacial score (nSPS) is 13.2. The second-order valence-corrected chi connectivity index (χ2v) is 7.33. The maximum absolute atomic E-state index is 11.7. The number of carbonyl (C=O) groups excluding carboxylic acids is 1. The Morgan fingerprint density at radius 2 is 1.85 bits per heavy atom. The number of nitrogens with zero attached hydrogens (tertiary/aromatic N) is 1. The number of nitrogens with one attached hydrogen (secondary N) is 1. The van der Waals surface area contributed by atoms with E-state index in [2.05, 4.69) is 5.32 Å². The van der Waals surface area contributed by atoms with E-state index in [4.69, 9.17) is 0 Å². The maximum atomic E-state index is 11.7. The van der Waals surface area contributed by atoms with E-state index >= 15 is 0 Å². The molecule has 20 heavy (non-hydrogen) atoms. The molecule has 0 radical (unpaired) electrons. The summed E-state index contributed by atoms with van der Waals surface area (Å²) in [5.41, 5.74) is 1.11. The van der Waals surface area contributed by atoms with Crippen molar-refractivity contribution in [3.63, 3.8) is 0 Å². The molecular formula is C14H22N2O3S. The van der Waals surface area contributed by atoms with Crippen molar-refractivity contribution in [2.45, 2.75) is 12.5 Å². The van der Waals surface area contributed by atoms with Crippen LogP contribution in [-0.2, 0) is 14.6 Å². The van der Waals surface area contributed by atoms with Gasteiger partial charge >= 0.3 is 0 Å². The minimum absolute atomic E-state index is 0.00771. The number of amides is 1. The van der Waals surface area contributed by atoms with Crippen molar-refractivity contribution < 1.29 is 13.2 Å².